The van der Waals surface area contributed by atoms with Crippen molar-refractivity contribution in [3.05, 3.63) is 46.5 Å². The minimum absolute atomic E-state index is 0.00632. The third-order valence-corrected chi connectivity index (χ3v) is 6.63. The van der Waals surface area contributed by atoms with Crippen molar-refractivity contribution in [3.63, 3.8) is 0 Å². The van der Waals surface area contributed by atoms with E-state index >= 15 is 0 Å². The Bertz CT molecular complexity index is 1180. The topological polar surface area (TPSA) is 103 Å². The number of nitrogens with one attached hydrogen (secondary N) is 1. The van der Waals surface area contributed by atoms with Crippen molar-refractivity contribution >= 4 is 23.5 Å². The van der Waals surface area contributed by atoms with Gasteiger partial charge >= 0.3 is 12.6 Å². The third kappa shape index (κ3) is 7.91. The first-order valence-electron chi connectivity index (χ1n) is 11.9. The van der Waals surface area contributed by atoms with E-state index in [-0.39, 0.29) is 40.8 Å². The van der Waals surface area contributed by atoms with Crippen LogP contribution in [0.1, 0.15) is 61.3 Å². The molecule has 1 aromatic carbocycles. The number of aliphatic carboxylic acids is 1. The van der Waals surface area contributed by atoms with Gasteiger partial charge in [0.05, 0.1) is 12.5 Å². The van der Waals surface area contributed by atoms with Crippen molar-refractivity contribution in [2.75, 3.05) is 13.7 Å². The predicted octanol–water partition coefficient (Wildman–Crippen LogP) is 4.58. The highest BCUT2D eigenvalue weighted by Gasteiger charge is 2.28. The SMILES string of the molecule is COC(C)(C)C#Cc1nc(Cl)n(Cc2cccc(OC(F)F)c2)c1C(=O)NCC1CCC(C(=O)O)CC1. The number of nitrogens with zero attached hydrogens (tertiary/aromatic N) is 2. The first-order valence-corrected chi connectivity index (χ1v) is 12.3. The van der Waals surface area contributed by atoms with E-state index in [1.807, 2.05) is 0 Å². The number of imidazole rings is 1. The zero-order chi connectivity index (χ0) is 27.2. The molecule has 2 aromatic rings. The molecular formula is C26H30ClF2N3O5. The molecule has 3 rings (SSSR count). The second-order valence-corrected chi connectivity index (χ2v) is 9.76. The van der Waals surface area contributed by atoms with Gasteiger partial charge in [0.25, 0.3) is 5.91 Å². The van der Waals surface area contributed by atoms with Crippen LogP contribution in [0.25, 0.3) is 0 Å². The molecule has 37 heavy (non-hydrogen) atoms. The van der Waals surface area contributed by atoms with E-state index in [0.717, 1.165) is 0 Å². The highest BCUT2D eigenvalue weighted by atomic mass is 35.5. The number of benzene rings is 1. The Kier molecular flexibility index (Phi) is 9.51. The van der Waals surface area contributed by atoms with E-state index in [2.05, 4.69) is 26.9 Å². The van der Waals surface area contributed by atoms with Gasteiger partial charge in [0.2, 0.25) is 5.28 Å². The summed E-state index contributed by atoms with van der Waals surface area (Å²) in [5.74, 6) is 4.37. The molecule has 200 valence electrons. The molecule has 1 amide bonds. The van der Waals surface area contributed by atoms with Crippen LogP contribution in [-0.4, -0.2) is 52.4 Å². The number of amides is 1. The maximum absolute atomic E-state index is 13.4. The highest BCUT2D eigenvalue weighted by Crippen LogP contribution is 2.29. The Hall–Kier alpha value is -3.16. The van der Waals surface area contributed by atoms with Crippen LogP contribution in [0.15, 0.2) is 24.3 Å². The van der Waals surface area contributed by atoms with E-state index in [9.17, 15) is 23.5 Å². The lowest BCUT2D eigenvalue weighted by Crippen LogP contribution is -2.34. The van der Waals surface area contributed by atoms with Gasteiger partial charge in [-0.25, -0.2) is 4.98 Å². The summed E-state index contributed by atoms with van der Waals surface area (Å²) < 4.78 is 36.6. The number of carboxylic acids is 1. The summed E-state index contributed by atoms with van der Waals surface area (Å²) in [7, 11) is 1.52. The fourth-order valence-electron chi connectivity index (χ4n) is 4.08. The summed E-state index contributed by atoms with van der Waals surface area (Å²) in [6.45, 7) is 0.988. The molecule has 1 saturated carbocycles. The number of hydrogen-bond acceptors (Lipinski definition) is 5. The number of hydrogen-bond donors (Lipinski definition) is 2. The average Bonchev–Trinajstić information content (AvgIpc) is 3.16. The molecule has 8 nitrogen and oxygen atoms in total. The zero-order valence-corrected chi connectivity index (χ0v) is 21.6. The summed E-state index contributed by atoms with van der Waals surface area (Å²) in [6.07, 6.45) is 2.53. The van der Waals surface area contributed by atoms with Crippen LogP contribution >= 0.6 is 11.6 Å². The standard InChI is InChI=1S/C26H30ClF2N3O5/c1-26(2,36-3)12-11-20-21(22(33)30-14-16-7-9-18(10-8-16)23(34)35)32(24(27)31-20)15-17-5-4-6-19(13-17)37-25(28)29/h4-6,13,16,18,25H,7-10,14-15H2,1-3H3,(H,30,33)(H,34,35). The van der Waals surface area contributed by atoms with Crippen molar-refractivity contribution in [1.29, 1.82) is 0 Å². The van der Waals surface area contributed by atoms with Gasteiger partial charge < -0.3 is 24.5 Å². The normalized spacial score (nSPS) is 17.7. The van der Waals surface area contributed by atoms with Gasteiger partial charge in [0.1, 0.15) is 22.7 Å². The molecule has 1 aliphatic carbocycles. The Balaban J connectivity index is 1.86. The second kappa shape index (κ2) is 12.4. The van der Waals surface area contributed by atoms with Crippen LogP contribution in [0.3, 0.4) is 0 Å². The van der Waals surface area contributed by atoms with E-state index in [1.54, 1.807) is 26.0 Å². The van der Waals surface area contributed by atoms with Gasteiger partial charge in [0, 0.05) is 13.7 Å². The van der Waals surface area contributed by atoms with Crippen LogP contribution in [0.4, 0.5) is 8.78 Å². The lowest BCUT2D eigenvalue weighted by atomic mass is 9.82. The predicted molar refractivity (Wildman–Crippen MR) is 133 cm³/mol. The fraction of sp³-hybridized carbons (Fsp3) is 0.500. The van der Waals surface area contributed by atoms with Crippen LogP contribution < -0.4 is 10.1 Å². The molecule has 1 aliphatic rings. The van der Waals surface area contributed by atoms with Crippen molar-refractivity contribution < 1.29 is 33.0 Å². The van der Waals surface area contributed by atoms with Crippen LogP contribution in [-0.2, 0) is 16.1 Å². The first-order chi connectivity index (χ1) is 17.5. The molecule has 0 saturated heterocycles. The molecule has 11 heteroatoms. The second-order valence-electron chi connectivity index (χ2n) is 9.42. The highest BCUT2D eigenvalue weighted by molar-refractivity contribution is 6.29. The summed E-state index contributed by atoms with van der Waals surface area (Å²) in [5, 5.41) is 12.1. The van der Waals surface area contributed by atoms with Crippen molar-refractivity contribution in [3.8, 4) is 17.6 Å². The van der Waals surface area contributed by atoms with E-state index in [0.29, 0.717) is 37.8 Å². The number of carboxylic acid groups (broad SMARTS) is 1. The minimum atomic E-state index is -2.97. The smallest absolute Gasteiger partial charge is 0.387 e. The quantitative estimate of drug-likeness (QED) is 0.454. The lowest BCUT2D eigenvalue weighted by molar-refractivity contribution is -0.143. The van der Waals surface area contributed by atoms with E-state index in [4.69, 9.17) is 16.3 Å². The van der Waals surface area contributed by atoms with E-state index < -0.39 is 24.1 Å². The summed E-state index contributed by atoms with van der Waals surface area (Å²) in [6, 6.07) is 6.09. The number of carbonyl (C=O) groups is 2. The van der Waals surface area contributed by atoms with Gasteiger partial charge in [0.15, 0.2) is 0 Å². The Labute approximate surface area is 219 Å². The molecule has 1 heterocycles. The minimum Gasteiger partial charge on any atom is -0.481 e. The first kappa shape index (κ1) is 28.4. The maximum atomic E-state index is 13.4. The zero-order valence-electron chi connectivity index (χ0n) is 20.9. The molecule has 0 bridgehead atoms. The maximum Gasteiger partial charge on any atom is 0.387 e. The molecule has 1 aromatic heterocycles. The molecule has 0 aliphatic heterocycles. The van der Waals surface area contributed by atoms with Crippen LogP contribution in [0.5, 0.6) is 5.75 Å². The number of ether oxygens (including phenoxy) is 2. The molecule has 0 spiro atoms. The van der Waals surface area contributed by atoms with Crippen LogP contribution in [0, 0.1) is 23.7 Å². The molecule has 2 N–H and O–H groups in total. The largest absolute Gasteiger partial charge is 0.481 e. The molecule has 0 atom stereocenters. The number of alkyl halides is 2. The van der Waals surface area contributed by atoms with Gasteiger partial charge in [-0.2, -0.15) is 8.78 Å². The van der Waals surface area contributed by atoms with Crippen molar-refractivity contribution in [1.82, 2.24) is 14.9 Å². The van der Waals surface area contributed by atoms with Crippen molar-refractivity contribution in [2.24, 2.45) is 11.8 Å². The number of rotatable bonds is 9. The molecular weight excluding hydrogens is 508 g/mol. The van der Waals surface area contributed by atoms with Gasteiger partial charge in [-0.3, -0.25) is 9.59 Å². The van der Waals surface area contributed by atoms with Gasteiger partial charge in [-0.1, -0.05) is 18.1 Å². The number of halogens is 3. The summed E-state index contributed by atoms with van der Waals surface area (Å²) >= 11 is 6.41. The third-order valence-electron chi connectivity index (χ3n) is 6.34. The Morgan fingerprint density at radius 3 is 2.62 bits per heavy atom. The average molecular weight is 538 g/mol. The number of methoxy groups -OCH3 is 1. The Morgan fingerprint density at radius 1 is 1.30 bits per heavy atom. The lowest BCUT2D eigenvalue weighted by Gasteiger charge is -2.26. The molecule has 0 unspecified atom stereocenters. The Morgan fingerprint density at radius 2 is 2.00 bits per heavy atom. The molecule has 0 radical (unpaired) electrons. The number of carbonyl (C=O) groups excluding carboxylic acids is 1. The van der Waals surface area contributed by atoms with Gasteiger partial charge in [-0.15, -0.1) is 0 Å². The molecule has 1 fully saturated rings. The monoisotopic (exact) mass is 537 g/mol. The van der Waals surface area contributed by atoms with E-state index in [1.165, 1.54) is 23.8 Å². The van der Waals surface area contributed by atoms with Crippen LogP contribution in [0.2, 0.25) is 5.28 Å². The fourth-order valence-corrected chi connectivity index (χ4v) is 4.31. The number of aromatic nitrogens is 2. The van der Waals surface area contributed by atoms with Gasteiger partial charge in [-0.05, 0) is 80.7 Å². The summed E-state index contributed by atoms with van der Waals surface area (Å²) in [4.78, 5) is 28.9. The van der Waals surface area contributed by atoms with Crippen molar-refractivity contribution in [2.45, 2.75) is 58.3 Å². The summed E-state index contributed by atoms with van der Waals surface area (Å²) in [5.41, 5.74) is 0.0505.